The van der Waals surface area contributed by atoms with Crippen molar-refractivity contribution in [3.8, 4) is 17.2 Å². The minimum atomic E-state index is -3.85. The Morgan fingerprint density at radius 2 is 1.65 bits per heavy atom. The summed E-state index contributed by atoms with van der Waals surface area (Å²) in [6, 6.07) is 17.4. The third kappa shape index (κ3) is 6.33. The maximum absolute atomic E-state index is 12.7. The molecule has 3 rings (SSSR count). The van der Waals surface area contributed by atoms with Crippen molar-refractivity contribution in [3.05, 3.63) is 77.3 Å². The van der Waals surface area contributed by atoms with E-state index in [0.29, 0.717) is 22.9 Å². The van der Waals surface area contributed by atoms with Crippen LogP contribution in [0.3, 0.4) is 0 Å². The highest BCUT2D eigenvalue weighted by atomic mass is 35.5. The first-order valence-corrected chi connectivity index (χ1v) is 12.1. The highest BCUT2D eigenvalue weighted by molar-refractivity contribution is 7.92. The Morgan fingerprint density at radius 1 is 0.971 bits per heavy atom. The number of ether oxygens (including phenoxy) is 3. The number of carbonyl (C=O) groups excluding carboxylic acids is 1. The molecular weight excluding hydrogens is 480 g/mol. The van der Waals surface area contributed by atoms with Gasteiger partial charge in [-0.25, -0.2) is 8.42 Å². The molecule has 10 heteroatoms. The zero-order valence-corrected chi connectivity index (χ0v) is 20.4. The van der Waals surface area contributed by atoms with E-state index in [1.54, 1.807) is 19.2 Å². The summed E-state index contributed by atoms with van der Waals surface area (Å²) in [4.78, 5) is 12.3. The van der Waals surface area contributed by atoms with Crippen molar-refractivity contribution in [2.24, 2.45) is 0 Å². The van der Waals surface area contributed by atoms with E-state index in [1.807, 2.05) is 31.2 Å². The Hall–Kier alpha value is -3.43. The van der Waals surface area contributed by atoms with E-state index in [-0.39, 0.29) is 28.5 Å². The maximum Gasteiger partial charge on any atom is 0.261 e. The van der Waals surface area contributed by atoms with E-state index in [2.05, 4.69) is 10.0 Å². The van der Waals surface area contributed by atoms with Gasteiger partial charge < -0.3 is 19.5 Å². The Balaban J connectivity index is 1.57. The number of amides is 1. The van der Waals surface area contributed by atoms with Crippen LogP contribution in [-0.4, -0.2) is 35.2 Å². The fraction of sp³-hybridized carbons (Fsp3) is 0.208. The van der Waals surface area contributed by atoms with Gasteiger partial charge >= 0.3 is 0 Å². The molecule has 34 heavy (non-hydrogen) atoms. The van der Waals surface area contributed by atoms with Crippen LogP contribution in [0.2, 0.25) is 5.02 Å². The van der Waals surface area contributed by atoms with Gasteiger partial charge in [0.05, 0.1) is 35.9 Å². The summed E-state index contributed by atoms with van der Waals surface area (Å²) in [5, 5.41) is 3.13. The number of sulfonamides is 1. The van der Waals surface area contributed by atoms with Gasteiger partial charge in [0.25, 0.3) is 15.9 Å². The standard InChI is InChI=1S/C24H25ClN2O6S/c1-16(20-6-4-5-7-22(20)31-2)26-24(28)15-33-18-9-11-19(12-10-18)34(29,30)27-17-8-13-23(32-3)21(25)14-17/h4-14,16,27H,15H2,1-3H3,(H,26,28). The van der Waals surface area contributed by atoms with E-state index in [1.165, 1.54) is 37.4 Å². The molecular formula is C24H25ClN2O6S. The molecule has 0 heterocycles. The average molecular weight is 505 g/mol. The molecule has 0 spiro atoms. The number of benzene rings is 3. The predicted octanol–water partition coefficient (Wildman–Crippen LogP) is 4.41. The second kappa shape index (κ2) is 11.1. The van der Waals surface area contributed by atoms with Crippen LogP contribution in [0.4, 0.5) is 5.69 Å². The van der Waals surface area contributed by atoms with Gasteiger partial charge in [0.1, 0.15) is 17.2 Å². The summed E-state index contributed by atoms with van der Waals surface area (Å²) in [7, 11) is -0.804. The minimum absolute atomic E-state index is 0.0287. The number of methoxy groups -OCH3 is 2. The molecule has 1 unspecified atom stereocenters. The summed E-state index contributed by atoms with van der Waals surface area (Å²) in [5.41, 5.74) is 1.14. The molecule has 8 nitrogen and oxygen atoms in total. The van der Waals surface area contributed by atoms with E-state index in [4.69, 9.17) is 25.8 Å². The van der Waals surface area contributed by atoms with Crippen molar-refractivity contribution in [2.75, 3.05) is 25.5 Å². The average Bonchev–Trinajstić information content (AvgIpc) is 2.83. The highest BCUT2D eigenvalue weighted by Gasteiger charge is 2.16. The van der Waals surface area contributed by atoms with Crippen molar-refractivity contribution in [1.29, 1.82) is 0 Å². The molecule has 0 aliphatic rings. The van der Waals surface area contributed by atoms with Crippen molar-refractivity contribution >= 4 is 33.2 Å². The number of anilines is 1. The van der Waals surface area contributed by atoms with Crippen molar-refractivity contribution in [1.82, 2.24) is 5.32 Å². The number of nitrogens with one attached hydrogen (secondary N) is 2. The first kappa shape index (κ1) is 25.2. The van der Waals surface area contributed by atoms with Crippen molar-refractivity contribution in [3.63, 3.8) is 0 Å². The quantitative estimate of drug-likeness (QED) is 0.424. The van der Waals surface area contributed by atoms with E-state index < -0.39 is 10.0 Å². The predicted molar refractivity (Wildman–Crippen MR) is 130 cm³/mol. The summed E-state index contributed by atoms with van der Waals surface area (Å²) >= 11 is 6.05. The van der Waals surface area contributed by atoms with Crippen LogP contribution < -0.4 is 24.2 Å². The van der Waals surface area contributed by atoms with Crippen LogP contribution in [0.25, 0.3) is 0 Å². The fourth-order valence-corrected chi connectivity index (χ4v) is 4.50. The molecule has 1 atom stereocenters. The first-order chi connectivity index (χ1) is 16.2. The monoisotopic (exact) mass is 504 g/mol. The molecule has 1 amide bonds. The number of hydrogen-bond acceptors (Lipinski definition) is 6. The molecule has 0 aliphatic heterocycles. The molecule has 0 saturated carbocycles. The van der Waals surface area contributed by atoms with Crippen LogP contribution in [0.15, 0.2) is 71.6 Å². The van der Waals surface area contributed by atoms with E-state index >= 15 is 0 Å². The lowest BCUT2D eigenvalue weighted by atomic mass is 10.1. The topological polar surface area (TPSA) is 103 Å². The van der Waals surface area contributed by atoms with Gasteiger partial charge in [-0.2, -0.15) is 0 Å². The van der Waals surface area contributed by atoms with Gasteiger partial charge in [0, 0.05) is 5.56 Å². The molecule has 3 aromatic rings. The molecule has 0 radical (unpaired) electrons. The molecule has 0 saturated heterocycles. The summed E-state index contributed by atoms with van der Waals surface area (Å²) < 4.78 is 43.6. The summed E-state index contributed by atoms with van der Waals surface area (Å²) in [6.45, 7) is 1.62. The first-order valence-electron chi connectivity index (χ1n) is 10.2. The summed E-state index contributed by atoms with van der Waals surface area (Å²) in [5.74, 6) is 1.14. The lowest BCUT2D eigenvalue weighted by Crippen LogP contribution is -2.31. The Morgan fingerprint density at radius 3 is 2.29 bits per heavy atom. The Bertz CT molecular complexity index is 1250. The Labute approximate surface area is 203 Å². The number of hydrogen-bond donors (Lipinski definition) is 2. The van der Waals surface area contributed by atoms with Gasteiger partial charge in [0.2, 0.25) is 0 Å². The molecule has 0 aromatic heterocycles. The van der Waals surface area contributed by atoms with E-state index in [0.717, 1.165) is 5.56 Å². The molecule has 0 bridgehead atoms. The number of para-hydroxylation sites is 1. The molecule has 3 aromatic carbocycles. The lowest BCUT2D eigenvalue weighted by molar-refractivity contribution is -0.123. The third-order valence-electron chi connectivity index (χ3n) is 4.89. The normalized spacial score (nSPS) is 11.9. The van der Waals surface area contributed by atoms with E-state index in [9.17, 15) is 13.2 Å². The van der Waals surface area contributed by atoms with Gasteiger partial charge in [-0.3, -0.25) is 9.52 Å². The smallest absolute Gasteiger partial charge is 0.261 e. The fourth-order valence-electron chi connectivity index (χ4n) is 3.19. The number of carbonyl (C=O) groups is 1. The number of halogens is 1. The summed E-state index contributed by atoms with van der Waals surface area (Å²) in [6.07, 6.45) is 0. The highest BCUT2D eigenvalue weighted by Crippen LogP contribution is 2.29. The minimum Gasteiger partial charge on any atom is -0.496 e. The van der Waals surface area contributed by atoms with Gasteiger partial charge in [-0.05, 0) is 55.5 Å². The second-order valence-electron chi connectivity index (χ2n) is 7.25. The van der Waals surface area contributed by atoms with Crippen LogP contribution in [0.1, 0.15) is 18.5 Å². The zero-order chi connectivity index (χ0) is 24.7. The molecule has 0 aliphatic carbocycles. The molecule has 0 fully saturated rings. The van der Waals surface area contributed by atoms with Crippen LogP contribution in [0.5, 0.6) is 17.2 Å². The van der Waals surface area contributed by atoms with Gasteiger partial charge in [0.15, 0.2) is 6.61 Å². The van der Waals surface area contributed by atoms with Gasteiger partial charge in [-0.15, -0.1) is 0 Å². The van der Waals surface area contributed by atoms with Crippen LogP contribution in [0, 0.1) is 0 Å². The van der Waals surface area contributed by atoms with Gasteiger partial charge in [-0.1, -0.05) is 29.8 Å². The van der Waals surface area contributed by atoms with Crippen molar-refractivity contribution < 1.29 is 27.4 Å². The van der Waals surface area contributed by atoms with Crippen LogP contribution >= 0.6 is 11.6 Å². The molecule has 2 N–H and O–H groups in total. The second-order valence-corrected chi connectivity index (χ2v) is 9.34. The van der Waals surface area contributed by atoms with Crippen LogP contribution in [-0.2, 0) is 14.8 Å². The Kier molecular flexibility index (Phi) is 8.25. The van der Waals surface area contributed by atoms with Crippen molar-refractivity contribution in [2.45, 2.75) is 17.9 Å². The lowest BCUT2D eigenvalue weighted by Gasteiger charge is -2.17. The molecule has 180 valence electrons. The zero-order valence-electron chi connectivity index (χ0n) is 18.9. The largest absolute Gasteiger partial charge is 0.496 e. The number of rotatable bonds is 10. The maximum atomic E-state index is 12.7. The SMILES string of the molecule is COc1ccc(NS(=O)(=O)c2ccc(OCC(=O)NC(C)c3ccccc3OC)cc2)cc1Cl. The third-order valence-corrected chi connectivity index (χ3v) is 6.58.